The number of rotatable bonds is 4. The quantitative estimate of drug-likeness (QED) is 0.871. The van der Waals surface area contributed by atoms with E-state index in [4.69, 9.17) is 0 Å². The highest BCUT2D eigenvalue weighted by Crippen LogP contribution is 2.15. The number of H-pyrrole nitrogens is 1. The summed E-state index contributed by atoms with van der Waals surface area (Å²) in [5.74, 6) is -2.48. The van der Waals surface area contributed by atoms with Crippen LogP contribution in [-0.4, -0.2) is 15.5 Å². The van der Waals surface area contributed by atoms with Crippen LogP contribution in [0.1, 0.15) is 18.5 Å². The molecule has 116 valence electrons. The summed E-state index contributed by atoms with van der Waals surface area (Å²) in [6.07, 6.45) is 1.20. The first-order valence-electron chi connectivity index (χ1n) is 6.41. The molecule has 0 unspecified atom stereocenters. The lowest BCUT2D eigenvalue weighted by molar-refractivity contribution is -0.122. The molecule has 1 amide bonds. The summed E-state index contributed by atoms with van der Waals surface area (Å²) in [7, 11) is 0. The molecule has 0 radical (unpaired) electrons. The molecule has 1 aromatic carbocycles. The van der Waals surface area contributed by atoms with Crippen molar-refractivity contribution in [1.82, 2.24) is 14.9 Å². The lowest BCUT2D eigenvalue weighted by Gasteiger charge is -2.15. The molecule has 0 fully saturated rings. The highest BCUT2D eigenvalue weighted by molar-refractivity contribution is 5.76. The molecule has 0 spiro atoms. The van der Waals surface area contributed by atoms with Crippen molar-refractivity contribution >= 4 is 5.91 Å². The standard InChI is InChI=1S/C14H13F2N3O3/c1-8(9-2-3-10(15)11(16)6-9)17-13(21)7-19-5-4-12(20)18-14(19)22/h2-6,8H,7H2,1H3,(H,17,21)(H,18,20,22)/t8-/m1/s1. The predicted molar refractivity (Wildman–Crippen MR) is 74.2 cm³/mol. The smallest absolute Gasteiger partial charge is 0.328 e. The third-order valence-electron chi connectivity index (χ3n) is 3.03. The Labute approximate surface area is 123 Å². The first kappa shape index (κ1) is 15.6. The zero-order valence-corrected chi connectivity index (χ0v) is 11.6. The number of aromatic nitrogens is 2. The van der Waals surface area contributed by atoms with Crippen LogP contribution in [-0.2, 0) is 11.3 Å². The fourth-order valence-corrected chi connectivity index (χ4v) is 1.88. The van der Waals surface area contributed by atoms with Crippen LogP contribution in [0.25, 0.3) is 0 Å². The van der Waals surface area contributed by atoms with Crippen LogP contribution in [0, 0.1) is 11.6 Å². The van der Waals surface area contributed by atoms with E-state index in [-0.39, 0.29) is 6.54 Å². The number of carbonyl (C=O) groups excluding carboxylic acids is 1. The predicted octanol–water partition coefficient (Wildman–Crippen LogP) is 0.692. The zero-order chi connectivity index (χ0) is 16.3. The van der Waals surface area contributed by atoms with E-state index in [1.165, 1.54) is 12.3 Å². The van der Waals surface area contributed by atoms with Gasteiger partial charge in [-0.25, -0.2) is 13.6 Å². The fourth-order valence-electron chi connectivity index (χ4n) is 1.88. The van der Waals surface area contributed by atoms with E-state index in [0.717, 1.165) is 22.8 Å². The molecule has 6 nitrogen and oxygen atoms in total. The molecule has 0 saturated heterocycles. The summed E-state index contributed by atoms with van der Waals surface area (Å²) in [6.45, 7) is 1.30. The maximum atomic E-state index is 13.1. The van der Waals surface area contributed by atoms with Gasteiger partial charge in [-0.2, -0.15) is 0 Å². The molecule has 0 aliphatic heterocycles. The molecule has 8 heteroatoms. The van der Waals surface area contributed by atoms with E-state index in [9.17, 15) is 23.2 Å². The number of amides is 1. The van der Waals surface area contributed by atoms with E-state index in [0.29, 0.717) is 5.56 Å². The van der Waals surface area contributed by atoms with Crippen molar-refractivity contribution in [3.05, 3.63) is 68.5 Å². The Morgan fingerprint density at radius 3 is 2.64 bits per heavy atom. The van der Waals surface area contributed by atoms with Crippen LogP contribution in [0.3, 0.4) is 0 Å². The van der Waals surface area contributed by atoms with Crippen LogP contribution in [0.15, 0.2) is 40.1 Å². The summed E-state index contributed by atoms with van der Waals surface area (Å²) in [5.41, 5.74) is -0.874. The summed E-state index contributed by atoms with van der Waals surface area (Å²) in [6, 6.07) is 3.87. The normalized spacial score (nSPS) is 12.0. The molecule has 1 atom stereocenters. The molecule has 22 heavy (non-hydrogen) atoms. The average molecular weight is 309 g/mol. The summed E-state index contributed by atoms with van der Waals surface area (Å²) in [5, 5.41) is 2.55. The zero-order valence-electron chi connectivity index (χ0n) is 11.6. The van der Waals surface area contributed by atoms with Crippen molar-refractivity contribution in [1.29, 1.82) is 0 Å². The van der Waals surface area contributed by atoms with Crippen molar-refractivity contribution in [2.24, 2.45) is 0 Å². The highest BCUT2D eigenvalue weighted by Gasteiger charge is 2.13. The van der Waals surface area contributed by atoms with Crippen LogP contribution < -0.4 is 16.6 Å². The number of benzene rings is 1. The molecule has 0 aliphatic rings. The van der Waals surface area contributed by atoms with Crippen LogP contribution >= 0.6 is 0 Å². The Morgan fingerprint density at radius 2 is 2.00 bits per heavy atom. The topological polar surface area (TPSA) is 84.0 Å². The third kappa shape index (κ3) is 3.66. The van der Waals surface area contributed by atoms with Crippen LogP contribution in [0.4, 0.5) is 8.78 Å². The second-order valence-corrected chi connectivity index (χ2v) is 4.70. The van der Waals surface area contributed by atoms with E-state index in [2.05, 4.69) is 5.32 Å². The van der Waals surface area contributed by atoms with Crippen molar-refractivity contribution in [3.63, 3.8) is 0 Å². The van der Waals surface area contributed by atoms with E-state index in [1.807, 2.05) is 4.98 Å². The number of halogens is 2. The molecule has 0 bridgehead atoms. The van der Waals surface area contributed by atoms with Crippen LogP contribution in [0.5, 0.6) is 0 Å². The van der Waals surface area contributed by atoms with Crippen LogP contribution in [0.2, 0.25) is 0 Å². The lowest BCUT2D eigenvalue weighted by atomic mass is 10.1. The number of nitrogens with zero attached hydrogens (tertiary/aromatic N) is 1. The van der Waals surface area contributed by atoms with Gasteiger partial charge in [0.15, 0.2) is 11.6 Å². The SMILES string of the molecule is C[C@@H](NC(=O)Cn1ccc(=O)[nH]c1=O)c1ccc(F)c(F)c1. The van der Waals surface area contributed by atoms with Gasteiger partial charge in [0.05, 0.1) is 6.04 Å². The molecular formula is C14H13F2N3O3. The Balaban J connectivity index is 2.06. The molecule has 1 aromatic heterocycles. The molecule has 1 heterocycles. The Bertz CT molecular complexity index is 813. The molecule has 2 N–H and O–H groups in total. The fraction of sp³-hybridized carbons (Fsp3) is 0.214. The second-order valence-electron chi connectivity index (χ2n) is 4.70. The largest absolute Gasteiger partial charge is 0.348 e. The van der Waals surface area contributed by atoms with Gasteiger partial charge >= 0.3 is 5.69 Å². The number of nitrogens with one attached hydrogen (secondary N) is 2. The summed E-state index contributed by atoms with van der Waals surface area (Å²) >= 11 is 0. The van der Waals surface area contributed by atoms with E-state index < -0.39 is 34.8 Å². The van der Waals surface area contributed by atoms with Gasteiger partial charge in [-0.1, -0.05) is 6.07 Å². The average Bonchev–Trinajstić information content (AvgIpc) is 2.45. The van der Waals surface area contributed by atoms with Gasteiger partial charge in [0.1, 0.15) is 6.54 Å². The first-order chi connectivity index (χ1) is 10.4. The number of carbonyl (C=O) groups is 1. The maximum absolute atomic E-state index is 13.1. The van der Waals surface area contributed by atoms with Gasteiger partial charge in [-0.3, -0.25) is 19.1 Å². The van der Waals surface area contributed by atoms with Gasteiger partial charge in [0, 0.05) is 12.3 Å². The summed E-state index contributed by atoms with van der Waals surface area (Å²) < 4.78 is 27.0. The van der Waals surface area contributed by atoms with E-state index in [1.54, 1.807) is 6.92 Å². The van der Waals surface area contributed by atoms with Gasteiger partial charge in [-0.15, -0.1) is 0 Å². The third-order valence-corrected chi connectivity index (χ3v) is 3.03. The van der Waals surface area contributed by atoms with Gasteiger partial charge in [0.2, 0.25) is 5.91 Å². The Morgan fingerprint density at radius 1 is 1.27 bits per heavy atom. The minimum absolute atomic E-state index is 0.302. The van der Waals surface area contributed by atoms with Gasteiger partial charge < -0.3 is 5.32 Å². The molecule has 2 aromatic rings. The van der Waals surface area contributed by atoms with Crippen molar-refractivity contribution in [3.8, 4) is 0 Å². The van der Waals surface area contributed by atoms with Gasteiger partial charge in [0.25, 0.3) is 5.56 Å². The van der Waals surface area contributed by atoms with Gasteiger partial charge in [-0.05, 0) is 24.6 Å². The molecule has 0 saturated carbocycles. The molecular weight excluding hydrogens is 296 g/mol. The monoisotopic (exact) mass is 309 g/mol. The number of aromatic amines is 1. The second kappa shape index (κ2) is 6.33. The Hall–Kier alpha value is -2.77. The van der Waals surface area contributed by atoms with Crippen molar-refractivity contribution < 1.29 is 13.6 Å². The van der Waals surface area contributed by atoms with Crippen molar-refractivity contribution in [2.75, 3.05) is 0 Å². The lowest BCUT2D eigenvalue weighted by Crippen LogP contribution is -2.36. The Kier molecular flexibility index (Phi) is 4.50. The number of hydrogen-bond donors (Lipinski definition) is 2. The minimum atomic E-state index is -1.00. The maximum Gasteiger partial charge on any atom is 0.328 e. The molecule has 0 aliphatic carbocycles. The van der Waals surface area contributed by atoms with E-state index >= 15 is 0 Å². The number of hydrogen-bond acceptors (Lipinski definition) is 3. The molecule has 2 rings (SSSR count). The summed E-state index contributed by atoms with van der Waals surface area (Å²) in [4.78, 5) is 36.2. The minimum Gasteiger partial charge on any atom is -0.348 e. The highest BCUT2D eigenvalue weighted by atomic mass is 19.2. The first-order valence-corrected chi connectivity index (χ1v) is 6.41. The van der Waals surface area contributed by atoms with Crippen molar-refractivity contribution in [2.45, 2.75) is 19.5 Å².